The molecule has 0 aliphatic heterocycles. The normalized spacial score (nSPS) is 12.2. The molecule has 0 spiro atoms. The number of halogens is 1. The van der Waals surface area contributed by atoms with Crippen LogP contribution in [-0.2, 0) is 4.74 Å². The highest BCUT2D eigenvalue weighted by molar-refractivity contribution is 6.29. The van der Waals surface area contributed by atoms with Gasteiger partial charge < -0.3 is 15.2 Å². The molecule has 1 atom stereocenters. The van der Waals surface area contributed by atoms with Gasteiger partial charge in [0.25, 0.3) is 5.69 Å². The van der Waals surface area contributed by atoms with Crippen molar-refractivity contribution < 1.29 is 14.8 Å². The number of pyridine rings is 1. The Bertz CT molecular complexity index is 402. The van der Waals surface area contributed by atoms with E-state index in [-0.39, 0.29) is 29.8 Å². The highest BCUT2D eigenvalue weighted by Gasteiger charge is 2.11. The molecule has 0 aromatic carbocycles. The van der Waals surface area contributed by atoms with Crippen molar-refractivity contribution in [3.05, 3.63) is 27.4 Å². The zero-order valence-electron chi connectivity index (χ0n) is 9.09. The van der Waals surface area contributed by atoms with Gasteiger partial charge in [-0.05, 0) is 0 Å². The number of nitrogens with one attached hydrogen (secondary N) is 1. The molecule has 1 heterocycles. The van der Waals surface area contributed by atoms with Crippen LogP contribution in [0.3, 0.4) is 0 Å². The van der Waals surface area contributed by atoms with Gasteiger partial charge in [-0.25, -0.2) is 4.98 Å². The number of aromatic nitrogens is 1. The molecule has 17 heavy (non-hydrogen) atoms. The van der Waals surface area contributed by atoms with Gasteiger partial charge in [0.2, 0.25) is 0 Å². The molecule has 0 bridgehead atoms. The Kier molecular flexibility index (Phi) is 5.08. The number of nitro groups is 1. The average Bonchev–Trinajstić information content (AvgIpc) is 2.26. The monoisotopic (exact) mass is 261 g/mol. The predicted molar refractivity (Wildman–Crippen MR) is 62.3 cm³/mol. The Balaban J connectivity index is 2.68. The van der Waals surface area contributed by atoms with Crippen molar-refractivity contribution in [1.82, 2.24) is 4.98 Å². The third kappa shape index (κ3) is 4.51. The number of aliphatic hydroxyl groups is 1. The molecule has 0 radical (unpaired) electrons. The number of nitrogens with zero attached hydrogens (tertiary/aromatic N) is 2. The lowest BCUT2D eigenvalue weighted by atomic mass is 10.3. The SMILES string of the molecule is COCC(O)CNc1cc([N+](=O)[O-])cc(Cl)n1. The molecule has 0 fully saturated rings. The third-order valence-electron chi connectivity index (χ3n) is 1.87. The van der Waals surface area contributed by atoms with Crippen LogP contribution in [0.25, 0.3) is 0 Å². The molecular weight excluding hydrogens is 250 g/mol. The van der Waals surface area contributed by atoms with E-state index in [0.29, 0.717) is 0 Å². The van der Waals surface area contributed by atoms with Crippen molar-refractivity contribution in [2.24, 2.45) is 0 Å². The summed E-state index contributed by atoms with van der Waals surface area (Å²) < 4.78 is 4.73. The van der Waals surface area contributed by atoms with E-state index in [4.69, 9.17) is 16.3 Å². The van der Waals surface area contributed by atoms with Gasteiger partial charge >= 0.3 is 0 Å². The van der Waals surface area contributed by atoms with E-state index in [0.717, 1.165) is 6.07 Å². The Morgan fingerprint density at radius 1 is 1.71 bits per heavy atom. The Morgan fingerprint density at radius 2 is 2.41 bits per heavy atom. The lowest BCUT2D eigenvalue weighted by Gasteiger charge is -2.11. The van der Waals surface area contributed by atoms with Crippen LogP contribution in [0.15, 0.2) is 12.1 Å². The maximum absolute atomic E-state index is 10.6. The molecular formula is C9H12ClN3O4. The van der Waals surface area contributed by atoms with Gasteiger partial charge in [0.05, 0.1) is 29.8 Å². The zero-order valence-corrected chi connectivity index (χ0v) is 9.85. The van der Waals surface area contributed by atoms with Crippen LogP contribution in [0.5, 0.6) is 0 Å². The molecule has 1 aromatic rings. The van der Waals surface area contributed by atoms with E-state index in [2.05, 4.69) is 10.3 Å². The van der Waals surface area contributed by atoms with Gasteiger partial charge in [0, 0.05) is 13.7 Å². The summed E-state index contributed by atoms with van der Waals surface area (Å²) in [6.45, 7) is 0.327. The topological polar surface area (TPSA) is 97.5 Å². The summed E-state index contributed by atoms with van der Waals surface area (Å²) in [5.74, 6) is 0.236. The van der Waals surface area contributed by atoms with Gasteiger partial charge in [0.1, 0.15) is 11.0 Å². The largest absolute Gasteiger partial charge is 0.389 e. The molecule has 0 saturated heterocycles. The van der Waals surface area contributed by atoms with Crippen LogP contribution in [-0.4, -0.2) is 41.4 Å². The predicted octanol–water partition coefficient (Wildman–Crippen LogP) is 1.06. The van der Waals surface area contributed by atoms with Gasteiger partial charge in [0.15, 0.2) is 0 Å². The maximum Gasteiger partial charge on any atom is 0.276 e. The summed E-state index contributed by atoms with van der Waals surface area (Å²) >= 11 is 5.63. The van der Waals surface area contributed by atoms with E-state index >= 15 is 0 Å². The average molecular weight is 262 g/mol. The smallest absolute Gasteiger partial charge is 0.276 e. The lowest BCUT2D eigenvalue weighted by Crippen LogP contribution is -2.24. The summed E-state index contributed by atoms with van der Waals surface area (Å²) in [5, 5.41) is 22.7. The fraction of sp³-hybridized carbons (Fsp3) is 0.444. The molecule has 0 amide bonds. The van der Waals surface area contributed by atoms with Crippen molar-refractivity contribution in [2.45, 2.75) is 6.10 Å². The van der Waals surface area contributed by atoms with Crippen molar-refractivity contribution >= 4 is 23.1 Å². The second kappa shape index (κ2) is 6.33. The molecule has 1 aromatic heterocycles. The summed E-state index contributed by atoms with van der Waals surface area (Å²) in [4.78, 5) is 13.8. The van der Waals surface area contributed by atoms with Crippen molar-refractivity contribution in [3.8, 4) is 0 Å². The first kappa shape index (κ1) is 13.6. The van der Waals surface area contributed by atoms with E-state index in [1.807, 2.05) is 0 Å². The van der Waals surface area contributed by atoms with Crippen molar-refractivity contribution in [3.63, 3.8) is 0 Å². The van der Waals surface area contributed by atoms with Gasteiger partial charge in [-0.15, -0.1) is 0 Å². The summed E-state index contributed by atoms with van der Waals surface area (Å²) in [5.41, 5.74) is -0.159. The molecule has 0 aliphatic rings. The van der Waals surface area contributed by atoms with Gasteiger partial charge in [-0.1, -0.05) is 11.6 Å². The van der Waals surface area contributed by atoms with E-state index in [1.165, 1.54) is 13.2 Å². The number of methoxy groups -OCH3 is 1. The van der Waals surface area contributed by atoms with Crippen LogP contribution >= 0.6 is 11.6 Å². The van der Waals surface area contributed by atoms with Crippen molar-refractivity contribution in [2.75, 3.05) is 25.6 Å². The number of hydrogen-bond acceptors (Lipinski definition) is 6. The van der Waals surface area contributed by atoms with Crippen LogP contribution in [0.4, 0.5) is 11.5 Å². The third-order valence-corrected chi connectivity index (χ3v) is 2.06. The molecule has 1 rings (SSSR count). The highest BCUT2D eigenvalue weighted by atomic mass is 35.5. The van der Waals surface area contributed by atoms with E-state index < -0.39 is 11.0 Å². The Hall–Kier alpha value is -1.44. The number of rotatable bonds is 6. The van der Waals surface area contributed by atoms with Gasteiger partial charge in [-0.3, -0.25) is 10.1 Å². The quantitative estimate of drug-likeness (QED) is 0.451. The summed E-state index contributed by atoms with van der Waals surface area (Å²) in [6, 6.07) is 2.39. The molecule has 2 N–H and O–H groups in total. The number of anilines is 1. The minimum atomic E-state index is -0.722. The van der Waals surface area contributed by atoms with Crippen molar-refractivity contribution in [1.29, 1.82) is 0 Å². The first-order valence-corrected chi connectivity index (χ1v) is 5.13. The van der Waals surface area contributed by atoms with E-state index in [9.17, 15) is 15.2 Å². The molecule has 94 valence electrons. The number of aliphatic hydroxyl groups excluding tert-OH is 1. The minimum absolute atomic E-state index is 0.0166. The van der Waals surface area contributed by atoms with E-state index in [1.54, 1.807) is 0 Å². The van der Waals surface area contributed by atoms with Crippen LogP contribution in [0, 0.1) is 10.1 Å². The molecule has 7 nitrogen and oxygen atoms in total. The zero-order chi connectivity index (χ0) is 12.8. The number of ether oxygens (including phenoxy) is 1. The first-order valence-electron chi connectivity index (χ1n) is 4.75. The Labute approximate surface area is 103 Å². The summed E-state index contributed by atoms with van der Waals surface area (Å²) in [6.07, 6.45) is -0.722. The lowest BCUT2D eigenvalue weighted by molar-refractivity contribution is -0.384. The second-order valence-corrected chi connectivity index (χ2v) is 3.67. The molecule has 0 saturated carbocycles. The molecule has 1 unspecified atom stereocenters. The number of hydrogen-bond donors (Lipinski definition) is 2. The minimum Gasteiger partial charge on any atom is -0.389 e. The second-order valence-electron chi connectivity index (χ2n) is 3.28. The fourth-order valence-electron chi connectivity index (χ4n) is 1.15. The standard InChI is InChI=1S/C9H12ClN3O4/c1-17-5-7(14)4-11-9-3-6(13(15)16)2-8(10)12-9/h2-3,7,14H,4-5H2,1H3,(H,11,12). The molecule has 8 heteroatoms. The summed E-state index contributed by atoms with van der Waals surface area (Å²) in [7, 11) is 1.46. The fourth-order valence-corrected chi connectivity index (χ4v) is 1.36. The van der Waals surface area contributed by atoms with Crippen LogP contribution < -0.4 is 5.32 Å². The molecule has 0 aliphatic carbocycles. The Morgan fingerprint density at radius 3 is 3.00 bits per heavy atom. The van der Waals surface area contributed by atoms with Crippen LogP contribution in [0.2, 0.25) is 5.15 Å². The maximum atomic E-state index is 10.6. The first-order chi connectivity index (χ1) is 8.02. The highest BCUT2D eigenvalue weighted by Crippen LogP contribution is 2.20. The van der Waals surface area contributed by atoms with Gasteiger partial charge in [-0.2, -0.15) is 0 Å². The van der Waals surface area contributed by atoms with Crippen LogP contribution in [0.1, 0.15) is 0 Å².